The number of nitrogens with zero attached hydrogens (tertiary/aromatic N) is 3. The number of pyridine rings is 1. The first kappa shape index (κ1) is 25.9. The summed E-state index contributed by atoms with van der Waals surface area (Å²) < 4.78 is 29.1. The smallest absolute Gasteiger partial charge is 0.277 e. The van der Waals surface area contributed by atoms with Crippen LogP contribution in [0.1, 0.15) is 55.6 Å². The normalized spacial score (nSPS) is 14.4. The molecule has 38 heavy (non-hydrogen) atoms. The maximum absolute atomic E-state index is 14.1. The van der Waals surface area contributed by atoms with Gasteiger partial charge in [-0.25, -0.2) is 8.42 Å². The first-order chi connectivity index (χ1) is 18.3. The van der Waals surface area contributed by atoms with Crippen LogP contribution in [-0.2, 0) is 16.3 Å². The van der Waals surface area contributed by atoms with Crippen LogP contribution in [0, 0.1) is 12.8 Å². The van der Waals surface area contributed by atoms with E-state index in [0.29, 0.717) is 12.2 Å². The van der Waals surface area contributed by atoms with Gasteiger partial charge in [-0.2, -0.15) is 4.98 Å². The van der Waals surface area contributed by atoms with Crippen molar-refractivity contribution in [2.45, 2.75) is 61.8 Å². The van der Waals surface area contributed by atoms with E-state index in [1.54, 1.807) is 24.5 Å². The summed E-state index contributed by atoms with van der Waals surface area (Å²) in [5.74, 6) is -0.119. The molecule has 0 radical (unpaired) electrons. The van der Waals surface area contributed by atoms with Crippen molar-refractivity contribution in [3.05, 3.63) is 100 Å². The van der Waals surface area contributed by atoms with Gasteiger partial charge in [-0.05, 0) is 72.6 Å². The molecule has 8 heteroatoms. The van der Waals surface area contributed by atoms with E-state index in [1.165, 1.54) is 16.7 Å². The van der Waals surface area contributed by atoms with Crippen molar-refractivity contribution >= 4 is 9.84 Å². The van der Waals surface area contributed by atoms with Crippen LogP contribution in [0.3, 0.4) is 0 Å². The van der Waals surface area contributed by atoms with Gasteiger partial charge in [0.25, 0.3) is 5.56 Å². The van der Waals surface area contributed by atoms with E-state index in [9.17, 15) is 18.3 Å². The van der Waals surface area contributed by atoms with E-state index in [0.717, 1.165) is 47.9 Å². The van der Waals surface area contributed by atoms with Crippen LogP contribution >= 0.6 is 0 Å². The molecular formula is C30H31N3O4S. The Bertz CT molecular complexity index is 1610. The highest BCUT2D eigenvalue weighted by molar-refractivity contribution is 7.91. The van der Waals surface area contributed by atoms with Crippen molar-refractivity contribution in [2.75, 3.05) is 0 Å². The summed E-state index contributed by atoms with van der Waals surface area (Å²) in [7, 11) is -4.35. The number of benzene rings is 2. The van der Waals surface area contributed by atoms with Crippen LogP contribution < -0.4 is 5.56 Å². The maximum atomic E-state index is 14.1. The number of rotatable bonds is 9. The van der Waals surface area contributed by atoms with Gasteiger partial charge in [0.2, 0.25) is 15.7 Å². The first-order valence-corrected chi connectivity index (χ1v) is 14.5. The fourth-order valence-electron chi connectivity index (χ4n) is 5.01. The van der Waals surface area contributed by atoms with Gasteiger partial charge in [0.05, 0.1) is 10.9 Å². The highest BCUT2D eigenvalue weighted by atomic mass is 32.2. The second-order valence-electron chi connectivity index (χ2n) is 9.87. The van der Waals surface area contributed by atoms with Gasteiger partial charge in [-0.3, -0.25) is 14.3 Å². The van der Waals surface area contributed by atoms with Gasteiger partial charge in [0.15, 0.2) is 4.90 Å². The summed E-state index contributed by atoms with van der Waals surface area (Å²) >= 11 is 0. The average molecular weight is 530 g/mol. The van der Waals surface area contributed by atoms with Gasteiger partial charge in [0.1, 0.15) is 5.82 Å². The molecule has 0 bridgehead atoms. The topological polar surface area (TPSA) is 102 Å². The molecule has 1 N–H and O–H groups in total. The summed E-state index contributed by atoms with van der Waals surface area (Å²) in [5.41, 5.74) is 2.94. The van der Waals surface area contributed by atoms with Crippen molar-refractivity contribution in [3.8, 4) is 17.0 Å². The molecule has 1 aliphatic rings. The predicted molar refractivity (Wildman–Crippen MR) is 146 cm³/mol. The van der Waals surface area contributed by atoms with E-state index in [4.69, 9.17) is 0 Å². The first-order valence-electron chi connectivity index (χ1n) is 13.0. The molecule has 1 saturated carbocycles. The number of aromatic nitrogens is 3. The third-order valence-corrected chi connectivity index (χ3v) is 8.92. The zero-order valence-electron chi connectivity index (χ0n) is 21.5. The molecule has 1 fully saturated rings. The number of aryl methyl sites for hydroxylation is 2. The molecule has 5 rings (SSSR count). The third-order valence-electron chi connectivity index (χ3n) is 7.14. The van der Waals surface area contributed by atoms with Crippen molar-refractivity contribution in [3.63, 3.8) is 0 Å². The summed E-state index contributed by atoms with van der Waals surface area (Å²) in [6, 6.07) is 17.5. The molecule has 0 amide bonds. The van der Waals surface area contributed by atoms with E-state index in [2.05, 4.69) is 9.97 Å². The second kappa shape index (κ2) is 10.5. The number of sulfone groups is 1. The summed E-state index contributed by atoms with van der Waals surface area (Å²) in [6.07, 6.45) is 7.42. The number of hydrogen-bond acceptors (Lipinski definition) is 6. The van der Waals surface area contributed by atoms with E-state index in [-0.39, 0.29) is 16.9 Å². The van der Waals surface area contributed by atoms with Crippen molar-refractivity contribution in [1.29, 1.82) is 0 Å². The molecule has 7 nitrogen and oxygen atoms in total. The molecule has 0 saturated heterocycles. The monoisotopic (exact) mass is 529 g/mol. The van der Waals surface area contributed by atoms with E-state index < -0.39 is 26.2 Å². The lowest BCUT2D eigenvalue weighted by atomic mass is 10.0. The zero-order valence-corrected chi connectivity index (χ0v) is 22.4. The largest absolute Gasteiger partial charge is 0.492 e. The number of hydrogen-bond donors (Lipinski definition) is 1. The maximum Gasteiger partial charge on any atom is 0.277 e. The zero-order chi connectivity index (χ0) is 26.9. The van der Waals surface area contributed by atoms with Crippen LogP contribution in [0.4, 0.5) is 0 Å². The quantitative estimate of drug-likeness (QED) is 0.307. The van der Waals surface area contributed by atoms with Gasteiger partial charge in [-0.1, -0.05) is 55.8 Å². The van der Waals surface area contributed by atoms with E-state index in [1.807, 2.05) is 50.2 Å². The van der Waals surface area contributed by atoms with Crippen molar-refractivity contribution < 1.29 is 13.5 Å². The molecule has 0 spiro atoms. The summed E-state index contributed by atoms with van der Waals surface area (Å²) in [6.45, 7) is 3.97. The highest BCUT2D eigenvalue weighted by Crippen LogP contribution is 2.44. The van der Waals surface area contributed by atoms with Crippen LogP contribution in [0.25, 0.3) is 11.1 Å². The minimum Gasteiger partial charge on any atom is -0.492 e. The SMILES string of the molecule is CCCCc1nc(O)c(S(=O)(=O)c2ccc(-c3ccncc3C)cc2)c(=O)n1C(c1ccccc1)C1CC1. The van der Waals surface area contributed by atoms with Crippen molar-refractivity contribution in [2.24, 2.45) is 5.92 Å². The second-order valence-corrected chi connectivity index (χ2v) is 11.8. The van der Waals surface area contributed by atoms with Crippen LogP contribution in [0.15, 0.2) is 87.6 Å². The van der Waals surface area contributed by atoms with Crippen LogP contribution in [0.2, 0.25) is 0 Å². The third kappa shape index (κ3) is 4.88. The molecule has 2 heterocycles. The summed E-state index contributed by atoms with van der Waals surface area (Å²) in [4.78, 5) is 21.7. The standard InChI is InChI=1S/C30H31N3O4S/c1-3-4-10-26-32-29(34)28(30(35)33(26)27(23-11-12-23)22-8-6-5-7-9-22)38(36,37)24-15-13-21(14-16-24)25-17-18-31-19-20(25)2/h5-9,13-19,23,27,34H,3-4,10-12H2,1-2H3. The molecule has 4 aromatic rings. The molecule has 196 valence electrons. The van der Waals surface area contributed by atoms with E-state index >= 15 is 0 Å². The Morgan fingerprint density at radius 1 is 1.05 bits per heavy atom. The fraction of sp³-hybridized carbons (Fsp3) is 0.300. The molecule has 2 aromatic carbocycles. The Labute approximate surface area is 222 Å². The molecule has 1 aliphatic carbocycles. The minimum absolute atomic E-state index is 0.0716. The molecular weight excluding hydrogens is 498 g/mol. The van der Waals surface area contributed by atoms with Crippen LogP contribution in [0.5, 0.6) is 5.88 Å². The molecule has 2 aromatic heterocycles. The van der Waals surface area contributed by atoms with Gasteiger partial charge in [0, 0.05) is 18.8 Å². The number of aromatic hydroxyl groups is 1. The minimum atomic E-state index is -4.35. The van der Waals surface area contributed by atoms with Gasteiger partial charge >= 0.3 is 0 Å². The Morgan fingerprint density at radius 2 is 1.76 bits per heavy atom. The van der Waals surface area contributed by atoms with Gasteiger partial charge in [-0.15, -0.1) is 0 Å². The lowest BCUT2D eigenvalue weighted by molar-refractivity contribution is 0.399. The molecule has 1 atom stereocenters. The Balaban J connectivity index is 1.64. The average Bonchev–Trinajstić information content (AvgIpc) is 3.75. The predicted octanol–water partition coefficient (Wildman–Crippen LogP) is 5.49. The summed E-state index contributed by atoms with van der Waals surface area (Å²) in [5, 5.41) is 10.9. The molecule has 0 aliphatic heterocycles. The van der Waals surface area contributed by atoms with Gasteiger partial charge < -0.3 is 5.11 Å². The highest BCUT2D eigenvalue weighted by Gasteiger charge is 2.38. The Hall–Kier alpha value is -3.78. The lowest BCUT2D eigenvalue weighted by Gasteiger charge is -2.24. The molecule has 1 unspecified atom stereocenters. The Kier molecular flexibility index (Phi) is 7.17. The lowest BCUT2D eigenvalue weighted by Crippen LogP contribution is -2.34. The van der Waals surface area contributed by atoms with Crippen molar-refractivity contribution in [1.82, 2.24) is 14.5 Å². The Morgan fingerprint density at radius 3 is 2.39 bits per heavy atom. The van der Waals surface area contributed by atoms with Crippen LogP contribution in [-0.4, -0.2) is 28.1 Å². The fourth-order valence-corrected chi connectivity index (χ4v) is 6.35. The number of unbranched alkanes of at least 4 members (excludes halogenated alkanes) is 1.